The maximum Gasteiger partial charge on any atom is 0.411 e. The smallest absolute Gasteiger partial charge is 0.371 e. The third-order valence-corrected chi connectivity index (χ3v) is 1.66. The maximum atomic E-state index is 11.4. The second-order valence-electron chi connectivity index (χ2n) is 2.00. The topological polar surface area (TPSA) is 55.4 Å². The molecule has 0 aromatic heterocycles. The normalized spacial score (nSPS) is 13.2. The van der Waals surface area contributed by atoms with Crippen molar-refractivity contribution in [3.05, 3.63) is 0 Å². The lowest BCUT2D eigenvalue weighted by Gasteiger charge is -2.06. The SMILES string of the molecule is O=S(=O)(Cl)NCCOCC(F)(F)F. The van der Waals surface area contributed by atoms with Crippen LogP contribution in [0.1, 0.15) is 0 Å². The van der Waals surface area contributed by atoms with E-state index in [4.69, 9.17) is 0 Å². The Bertz CT molecular complexity index is 240. The second-order valence-corrected chi connectivity index (χ2v) is 4.38. The summed E-state index contributed by atoms with van der Waals surface area (Å²) in [4.78, 5) is 0. The minimum Gasteiger partial charge on any atom is -0.371 e. The minimum absolute atomic E-state index is 0.290. The molecule has 1 N–H and O–H groups in total. The predicted molar refractivity (Wildman–Crippen MR) is 39.6 cm³/mol. The number of rotatable bonds is 5. The monoisotopic (exact) mass is 241 g/mol. The van der Waals surface area contributed by atoms with Crippen molar-refractivity contribution in [3.8, 4) is 0 Å². The molecule has 0 radical (unpaired) electrons. The van der Waals surface area contributed by atoms with Crippen molar-refractivity contribution in [3.63, 3.8) is 0 Å². The molecule has 0 amide bonds. The Labute approximate surface area is 77.6 Å². The summed E-state index contributed by atoms with van der Waals surface area (Å²) in [6, 6.07) is 0. The molecule has 0 aliphatic heterocycles. The zero-order chi connectivity index (χ0) is 10.5. The summed E-state index contributed by atoms with van der Waals surface area (Å²) in [6.07, 6.45) is -4.40. The summed E-state index contributed by atoms with van der Waals surface area (Å²) < 4.78 is 60.5. The van der Waals surface area contributed by atoms with Gasteiger partial charge < -0.3 is 4.74 Å². The van der Waals surface area contributed by atoms with Crippen LogP contribution in [0.3, 0.4) is 0 Å². The lowest BCUT2D eigenvalue weighted by molar-refractivity contribution is -0.173. The molecule has 0 aliphatic rings. The molecule has 0 heterocycles. The summed E-state index contributed by atoms with van der Waals surface area (Å²) in [6.45, 7) is -2.08. The first-order chi connectivity index (χ1) is 5.71. The Balaban J connectivity index is 3.39. The molecule has 0 aromatic rings. The fraction of sp³-hybridized carbons (Fsp3) is 1.00. The summed E-state index contributed by atoms with van der Waals surface area (Å²) in [7, 11) is 0.806. The van der Waals surface area contributed by atoms with Crippen LogP contribution in [0.15, 0.2) is 0 Å². The molecule has 13 heavy (non-hydrogen) atoms. The van der Waals surface area contributed by atoms with Crippen LogP contribution in [0.25, 0.3) is 0 Å². The molecule has 0 saturated heterocycles. The number of alkyl halides is 3. The Kier molecular flexibility index (Phi) is 4.97. The molecule has 0 rings (SSSR count). The average molecular weight is 242 g/mol. The minimum atomic E-state index is -4.40. The molecule has 9 heteroatoms. The highest BCUT2D eigenvalue weighted by Crippen LogP contribution is 2.13. The van der Waals surface area contributed by atoms with E-state index in [0.29, 0.717) is 0 Å². The van der Waals surface area contributed by atoms with Crippen molar-refractivity contribution >= 4 is 19.9 Å². The summed E-state index contributed by atoms with van der Waals surface area (Å²) in [5.41, 5.74) is 0. The standard InChI is InChI=1S/C4H7ClF3NO3S/c5-13(10,11)9-1-2-12-3-4(6,7)8/h9H,1-3H2. The van der Waals surface area contributed by atoms with Crippen LogP contribution < -0.4 is 4.72 Å². The quantitative estimate of drug-likeness (QED) is 0.568. The van der Waals surface area contributed by atoms with E-state index in [0.717, 1.165) is 0 Å². The second kappa shape index (κ2) is 4.99. The van der Waals surface area contributed by atoms with Crippen molar-refractivity contribution < 1.29 is 26.3 Å². The van der Waals surface area contributed by atoms with Gasteiger partial charge in [0.25, 0.3) is 9.24 Å². The number of hydrogen-bond acceptors (Lipinski definition) is 3. The van der Waals surface area contributed by atoms with Gasteiger partial charge in [-0.15, -0.1) is 0 Å². The van der Waals surface area contributed by atoms with Crippen LogP contribution >= 0.6 is 10.7 Å². The van der Waals surface area contributed by atoms with Crippen LogP contribution in [-0.2, 0) is 14.0 Å². The van der Waals surface area contributed by atoms with Gasteiger partial charge in [-0.25, -0.2) is 0 Å². The lowest BCUT2D eigenvalue weighted by atomic mass is 10.7. The molecule has 0 spiro atoms. The third kappa shape index (κ3) is 12.0. The largest absolute Gasteiger partial charge is 0.411 e. The van der Waals surface area contributed by atoms with E-state index < -0.39 is 22.0 Å². The van der Waals surface area contributed by atoms with Crippen molar-refractivity contribution in [1.82, 2.24) is 4.72 Å². The molecule has 0 bridgehead atoms. The van der Waals surface area contributed by atoms with Crippen LogP contribution in [-0.4, -0.2) is 34.4 Å². The summed E-state index contributed by atoms with van der Waals surface area (Å²) in [5, 5.41) is 0. The number of ether oxygens (including phenoxy) is 1. The van der Waals surface area contributed by atoms with Crippen molar-refractivity contribution in [2.75, 3.05) is 19.8 Å². The molecule has 0 saturated carbocycles. The van der Waals surface area contributed by atoms with Gasteiger partial charge in [0.05, 0.1) is 6.61 Å². The number of nitrogens with one attached hydrogen (secondary N) is 1. The molecule has 0 atom stereocenters. The van der Waals surface area contributed by atoms with Crippen molar-refractivity contribution in [2.24, 2.45) is 0 Å². The summed E-state index contributed by atoms with van der Waals surface area (Å²) >= 11 is 0. The van der Waals surface area contributed by atoms with E-state index in [2.05, 4.69) is 15.4 Å². The molecular weight excluding hydrogens is 235 g/mol. The van der Waals surface area contributed by atoms with Crippen LogP contribution in [0.4, 0.5) is 13.2 Å². The molecule has 0 unspecified atom stereocenters. The lowest BCUT2D eigenvalue weighted by Crippen LogP contribution is -2.25. The first-order valence-electron chi connectivity index (χ1n) is 3.04. The highest BCUT2D eigenvalue weighted by Gasteiger charge is 2.27. The van der Waals surface area contributed by atoms with Gasteiger partial charge in [0.15, 0.2) is 0 Å². The zero-order valence-corrected chi connectivity index (χ0v) is 7.84. The van der Waals surface area contributed by atoms with Gasteiger partial charge in [0.2, 0.25) is 0 Å². The Morgan fingerprint density at radius 1 is 1.38 bits per heavy atom. The predicted octanol–water partition coefficient (Wildman–Crippen LogP) is 0.638. The Morgan fingerprint density at radius 2 is 1.92 bits per heavy atom. The molecule has 0 aromatic carbocycles. The Morgan fingerprint density at radius 3 is 2.31 bits per heavy atom. The van der Waals surface area contributed by atoms with Gasteiger partial charge >= 0.3 is 6.18 Å². The van der Waals surface area contributed by atoms with E-state index in [1.165, 1.54) is 0 Å². The van der Waals surface area contributed by atoms with Crippen LogP contribution in [0.5, 0.6) is 0 Å². The van der Waals surface area contributed by atoms with Gasteiger partial charge in [0, 0.05) is 17.2 Å². The van der Waals surface area contributed by atoms with E-state index in [-0.39, 0.29) is 13.2 Å². The fourth-order valence-electron chi connectivity index (χ4n) is 0.424. The highest BCUT2D eigenvalue weighted by atomic mass is 35.7. The van der Waals surface area contributed by atoms with Crippen molar-refractivity contribution in [1.29, 1.82) is 0 Å². The van der Waals surface area contributed by atoms with E-state index in [1.807, 2.05) is 0 Å². The molecule has 4 nitrogen and oxygen atoms in total. The average Bonchev–Trinajstić information content (AvgIpc) is 1.81. The van der Waals surface area contributed by atoms with Gasteiger partial charge in [-0.3, -0.25) is 0 Å². The van der Waals surface area contributed by atoms with Crippen LogP contribution in [0, 0.1) is 0 Å². The van der Waals surface area contributed by atoms with E-state index >= 15 is 0 Å². The maximum absolute atomic E-state index is 11.4. The van der Waals surface area contributed by atoms with Crippen molar-refractivity contribution in [2.45, 2.75) is 6.18 Å². The molecular formula is C4H7ClF3NO3S. The van der Waals surface area contributed by atoms with Gasteiger partial charge in [-0.2, -0.15) is 26.3 Å². The first-order valence-corrected chi connectivity index (χ1v) is 5.35. The van der Waals surface area contributed by atoms with E-state index in [1.54, 1.807) is 4.72 Å². The van der Waals surface area contributed by atoms with Gasteiger partial charge in [0.1, 0.15) is 6.61 Å². The van der Waals surface area contributed by atoms with Gasteiger partial charge in [-0.05, 0) is 0 Å². The Hall–Kier alpha value is -0.0500. The highest BCUT2D eigenvalue weighted by molar-refractivity contribution is 8.12. The number of halogens is 4. The molecule has 0 fully saturated rings. The third-order valence-electron chi connectivity index (χ3n) is 0.787. The zero-order valence-electron chi connectivity index (χ0n) is 6.27. The van der Waals surface area contributed by atoms with Gasteiger partial charge in [-0.1, -0.05) is 0 Å². The first kappa shape index (κ1) is 12.9. The molecule has 0 aliphatic carbocycles. The number of hydrogen-bond donors (Lipinski definition) is 1. The van der Waals surface area contributed by atoms with E-state index in [9.17, 15) is 21.6 Å². The fourth-order valence-corrected chi connectivity index (χ4v) is 0.982. The molecule has 80 valence electrons. The van der Waals surface area contributed by atoms with Crippen LogP contribution in [0.2, 0.25) is 0 Å². The summed E-state index contributed by atoms with van der Waals surface area (Å²) in [5.74, 6) is 0.